The van der Waals surface area contributed by atoms with Crippen LogP contribution in [0, 0.1) is 11.3 Å². The molecule has 0 aliphatic rings. The zero-order chi connectivity index (χ0) is 46.8. The molecule has 0 heterocycles. The first-order valence-electron chi connectivity index (χ1n) is 23.3. The van der Waals surface area contributed by atoms with Crippen LogP contribution in [0.1, 0.15) is 164 Å². The summed E-state index contributed by atoms with van der Waals surface area (Å²) < 4.78 is 33.7. The van der Waals surface area contributed by atoms with Crippen LogP contribution in [0.2, 0.25) is 0 Å². The zero-order valence-corrected chi connectivity index (χ0v) is 38.2. The maximum absolute atomic E-state index is 13.1. The van der Waals surface area contributed by atoms with Crippen LogP contribution >= 0.6 is 0 Å². The number of nitrogens with zero attached hydrogens (tertiary/aromatic N) is 1. The first-order chi connectivity index (χ1) is 32.3. The molecule has 0 unspecified atom stereocenters. The fourth-order valence-electron chi connectivity index (χ4n) is 6.94. The lowest BCUT2D eigenvalue weighted by Gasteiger charge is -2.10. The Kier molecular flexibility index (Phi) is 21.3. The first-order valence-corrected chi connectivity index (χ1v) is 23.3. The molecule has 0 aromatic heterocycles. The highest BCUT2D eigenvalue weighted by molar-refractivity contribution is 5.94. The summed E-state index contributed by atoms with van der Waals surface area (Å²) in [6.45, 7) is 5.69. The highest BCUT2D eigenvalue weighted by Crippen LogP contribution is 2.27. The standard InChI is InChI=1S/C55H61NO10/c1-3-5-7-9-11-13-15-17-37-61-46-28-19-41(20-29-46)52(57)63-48-32-23-43(24-33-48)54(59)65-50-36-27-45(40-56)51(39-50)66-55(60)44-25-34-49(35-26-44)64-53(58)42-21-30-47(31-22-42)62-38-18-16-14-12-10-8-6-4-2/h19-36,39H,3-18,37-38H2,1-2H3. The summed E-state index contributed by atoms with van der Waals surface area (Å²) in [4.78, 5) is 51.8. The van der Waals surface area contributed by atoms with Gasteiger partial charge in [0, 0.05) is 6.07 Å². The van der Waals surface area contributed by atoms with E-state index in [1.807, 2.05) is 6.07 Å². The van der Waals surface area contributed by atoms with E-state index in [0.29, 0.717) is 35.8 Å². The van der Waals surface area contributed by atoms with Crippen molar-refractivity contribution in [3.63, 3.8) is 0 Å². The number of benzene rings is 5. The van der Waals surface area contributed by atoms with E-state index in [2.05, 4.69) is 13.8 Å². The molecule has 0 fully saturated rings. The molecule has 5 aromatic rings. The number of ether oxygens (including phenoxy) is 6. The van der Waals surface area contributed by atoms with Crippen LogP contribution in [0.25, 0.3) is 0 Å². The molecule has 0 aliphatic heterocycles. The van der Waals surface area contributed by atoms with Gasteiger partial charge in [-0.25, -0.2) is 19.2 Å². The second-order valence-corrected chi connectivity index (χ2v) is 16.1. The van der Waals surface area contributed by atoms with Gasteiger partial charge >= 0.3 is 23.9 Å². The van der Waals surface area contributed by atoms with E-state index in [4.69, 9.17) is 28.4 Å². The molecule has 0 saturated heterocycles. The monoisotopic (exact) mass is 895 g/mol. The van der Waals surface area contributed by atoms with Gasteiger partial charge in [-0.3, -0.25) is 0 Å². The fraction of sp³-hybridized carbons (Fsp3) is 0.364. The van der Waals surface area contributed by atoms with Crippen molar-refractivity contribution in [2.75, 3.05) is 13.2 Å². The van der Waals surface area contributed by atoms with E-state index >= 15 is 0 Å². The summed E-state index contributed by atoms with van der Waals surface area (Å²) in [6, 6.07) is 31.1. The molecule has 11 nitrogen and oxygen atoms in total. The summed E-state index contributed by atoms with van der Waals surface area (Å²) in [5.41, 5.74) is 1.00. The van der Waals surface area contributed by atoms with Crippen molar-refractivity contribution >= 4 is 23.9 Å². The third-order valence-corrected chi connectivity index (χ3v) is 10.8. The lowest BCUT2D eigenvalue weighted by molar-refractivity contribution is 0.0723. The van der Waals surface area contributed by atoms with E-state index in [1.54, 1.807) is 48.5 Å². The minimum absolute atomic E-state index is 0.0212. The van der Waals surface area contributed by atoms with Crippen molar-refractivity contribution in [3.8, 4) is 40.6 Å². The zero-order valence-electron chi connectivity index (χ0n) is 38.2. The Morgan fingerprint density at radius 1 is 0.379 bits per heavy atom. The van der Waals surface area contributed by atoms with E-state index in [9.17, 15) is 24.4 Å². The van der Waals surface area contributed by atoms with E-state index < -0.39 is 23.9 Å². The van der Waals surface area contributed by atoms with Crippen molar-refractivity contribution in [2.24, 2.45) is 0 Å². The predicted molar refractivity (Wildman–Crippen MR) is 253 cm³/mol. The molecule has 0 atom stereocenters. The molecule has 346 valence electrons. The maximum atomic E-state index is 13.1. The van der Waals surface area contributed by atoms with Crippen LogP contribution in [-0.2, 0) is 0 Å². The molecule has 0 radical (unpaired) electrons. The van der Waals surface area contributed by atoms with Gasteiger partial charge in [0.05, 0.1) is 41.0 Å². The van der Waals surface area contributed by atoms with Crippen molar-refractivity contribution in [3.05, 3.63) is 143 Å². The number of esters is 4. The van der Waals surface area contributed by atoms with Gasteiger partial charge in [-0.2, -0.15) is 5.26 Å². The number of hydrogen-bond donors (Lipinski definition) is 0. The molecule has 5 aromatic carbocycles. The van der Waals surface area contributed by atoms with Gasteiger partial charge in [-0.05, 0) is 122 Å². The van der Waals surface area contributed by atoms with Crippen molar-refractivity contribution in [1.29, 1.82) is 5.26 Å². The highest BCUT2D eigenvalue weighted by atomic mass is 16.6. The van der Waals surface area contributed by atoms with Gasteiger partial charge in [-0.15, -0.1) is 0 Å². The quantitative estimate of drug-likeness (QED) is 0.0268. The van der Waals surface area contributed by atoms with E-state index in [0.717, 1.165) is 25.7 Å². The minimum Gasteiger partial charge on any atom is -0.494 e. The highest BCUT2D eigenvalue weighted by Gasteiger charge is 2.17. The van der Waals surface area contributed by atoms with E-state index in [-0.39, 0.29) is 39.7 Å². The average Bonchev–Trinajstić information content (AvgIpc) is 3.33. The predicted octanol–water partition coefficient (Wildman–Crippen LogP) is 13.5. The topological polar surface area (TPSA) is 147 Å². The van der Waals surface area contributed by atoms with Crippen LogP contribution in [0.15, 0.2) is 115 Å². The van der Waals surface area contributed by atoms with Gasteiger partial charge in [0.15, 0.2) is 5.75 Å². The Morgan fingerprint density at radius 2 is 0.682 bits per heavy atom. The SMILES string of the molecule is CCCCCCCCCCOc1ccc(C(=O)Oc2ccc(C(=O)Oc3ccc(C#N)c(OC(=O)c4ccc(OC(=O)c5ccc(OCCCCCCCCCC)cc5)cc4)c3)cc2)cc1. The number of rotatable bonds is 28. The normalized spacial score (nSPS) is 10.7. The molecule has 0 aliphatic carbocycles. The molecule has 5 rings (SSSR count). The number of carbonyl (C=O) groups excluding carboxylic acids is 4. The smallest absolute Gasteiger partial charge is 0.343 e. The van der Waals surface area contributed by atoms with Crippen LogP contribution in [0.4, 0.5) is 0 Å². The number of unbranched alkanes of at least 4 members (excludes halogenated alkanes) is 14. The third kappa shape index (κ3) is 17.2. The maximum Gasteiger partial charge on any atom is 0.343 e. The van der Waals surface area contributed by atoms with Crippen LogP contribution in [0.3, 0.4) is 0 Å². The van der Waals surface area contributed by atoms with Crippen molar-refractivity contribution < 1.29 is 47.6 Å². The molecule has 0 spiro atoms. The second kappa shape index (κ2) is 28.1. The minimum atomic E-state index is -0.793. The summed E-state index contributed by atoms with van der Waals surface area (Å²) in [6.07, 6.45) is 19.5. The molecular weight excluding hydrogens is 835 g/mol. The number of nitriles is 1. The molecule has 66 heavy (non-hydrogen) atoms. The molecule has 0 bridgehead atoms. The average molecular weight is 896 g/mol. The van der Waals surface area contributed by atoms with Crippen LogP contribution in [-0.4, -0.2) is 37.1 Å². The summed E-state index contributed by atoms with van der Waals surface area (Å²) >= 11 is 0. The Balaban J connectivity index is 1.04. The Morgan fingerprint density at radius 3 is 1.05 bits per heavy atom. The van der Waals surface area contributed by atoms with Crippen LogP contribution in [0.5, 0.6) is 34.5 Å². The lowest BCUT2D eigenvalue weighted by Crippen LogP contribution is -2.12. The Hall–Kier alpha value is -6.93. The number of hydrogen-bond acceptors (Lipinski definition) is 11. The first kappa shape index (κ1) is 50.1. The van der Waals surface area contributed by atoms with Gasteiger partial charge in [-0.1, -0.05) is 104 Å². The van der Waals surface area contributed by atoms with Gasteiger partial charge < -0.3 is 28.4 Å². The molecule has 0 amide bonds. The second-order valence-electron chi connectivity index (χ2n) is 16.1. The molecule has 0 N–H and O–H groups in total. The van der Waals surface area contributed by atoms with E-state index in [1.165, 1.54) is 144 Å². The molecule has 0 saturated carbocycles. The van der Waals surface area contributed by atoms with Gasteiger partial charge in [0.25, 0.3) is 0 Å². The Bertz CT molecular complexity index is 2310. The molecule has 11 heteroatoms. The van der Waals surface area contributed by atoms with Crippen molar-refractivity contribution in [1.82, 2.24) is 0 Å². The summed E-state index contributed by atoms with van der Waals surface area (Å²) in [5.74, 6) is -0.965. The number of carbonyl (C=O) groups is 4. The van der Waals surface area contributed by atoms with Gasteiger partial charge in [0.1, 0.15) is 34.8 Å². The largest absolute Gasteiger partial charge is 0.494 e. The van der Waals surface area contributed by atoms with Crippen molar-refractivity contribution in [2.45, 2.75) is 117 Å². The fourth-order valence-corrected chi connectivity index (χ4v) is 6.94. The summed E-state index contributed by atoms with van der Waals surface area (Å²) in [7, 11) is 0. The molecular formula is C55H61NO10. The summed E-state index contributed by atoms with van der Waals surface area (Å²) in [5, 5.41) is 9.68. The van der Waals surface area contributed by atoms with Crippen LogP contribution < -0.4 is 28.4 Å². The Labute approximate surface area is 389 Å². The lowest BCUT2D eigenvalue weighted by atomic mass is 10.1. The van der Waals surface area contributed by atoms with Gasteiger partial charge in [0.2, 0.25) is 0 Å². The third-order valence-electron chi connectivity index (χ3n) is 10.8.